The van der Waals surface area contributed by atoms with Crippen molar-refractivity contribution >= 4 is 45.9 Å². The SMILES string of the molecule is Cc1noc2nc(-c3ccccc3)cc(C(=O)Nc3cc(Cl)ccc3Cl)c12. The molecule has 7 heteroatoms. The Hall–Kier alpha value is -2.89. The van der Waals surface area contributed by atoms with E-state index in [0.717, 1.165) is 5.56 Å². The van der Waals surface area contributed by atoms with Gasteiger partial charge in [-0.15, -0.1) is 0 Å². The highest BCUT2D eigenvalue weighted by atomic mass is 35.5. The average molecular weight is 398 g/mol. The molecule has 2 aromatic carbocycles. The third-order valence-corrected chi connectivity index (χ3v) is 4.67. The van der Waals surface area contributed by atoms with E-state index in [1.807, 2.05) is 30.3 Å². The molecule has 4 aromatic rings. The normalized spacial score (nSPS) is 10.9. The topological polar surface area (TPSA) is 68.0 Å². The third kappa shape index (κ3) is 3.39. The third-order valence-electron chi connectivity index (χ3n) is 4.11. The summed E-state index contributed by atoms with van der Waals surface area (Å²) < 4.78 is 5.31. The molecule has 0 unspecified atom stereocenters. The van der Waals surface area contributed by atoms with Crippen molar-refractivity contribution < 1.29 is 9.32 Å². The highest BCUT2D eigenvalue weighted by Gasteiger charge is 2.20. The molecule has 0 saturated carbocycles. The van der Waals surface area contributed by atoms with E-state index in [2.05, 4.69) is 15.5 Å². The molecule has 0 aliphatic rings. The molecule has 2 aromatic heterocycles. The van der Waals surface area contributed by atoms with Crippen LogP contribution in [0, 0.1) is 6.92 Å². The number of hydrogen-bond acceptors (Lipinski definition) is 4. The van der Waals surface area contributed by atoms with Crippen molar-refractivity contribution in [2.75, 3.05) is 5.32 Å². The number of carbonyl (C=O) groups excluding carboxylic acids is 1. The molecule has 0 spiro atoms. The molecule has 1 N–H and O–H groups in total. The molecule has 0 saturated heterocycles. The van der Waals surface area contributed by atoms with E-state index >= 15 is 0 Å². The molecule has 0 aliphatic carbocycles. The summed E-state index contributed by atoms with van der Waals surface area (Å²) in [4.78, 5) is 17.5. The van der Waals surface area contributed by atoms with E-state index in [-0.39, 0.29) is 5.91 Å². The molecular formula is C20H13Cl2N3O2. The second kappa shape index (κ2) is 7.02. The first kappa shape index (κ1) is 17.5. The van der Waals surface area contributed by atoms with Gasteiger partial charge in [-0.05, 0) is 31.2 Å². The van der Waals surface area contributed by atoms with Crippen molar-refractivity contribution in [3.8, 4) is 11.3 Å². The minimum absolute atomic E-state index is 0.302. The molecule has 2 heterocycles. The summed E-state index contributed by atoms with van der Waals surface area (Å²) in [6.07, 6.45) is 0. The summed E-state index contributed by atoms with van der Waals surface area (Å²) in [6, 6.07) is 16.1. The van der Waals surface area contributed by atoms with Gasteiger partial charge in [-0.25, -0.2) is 4.98 Å². The number of amides is 1. The van der Waals surface area contributed by atoms with E-state index in [4.69, 9.17) is 27.7 Å². The van der Waals surface area contributed by atoms with Crippen LogP contribution in [-0.2, 0) is 0 Å². The number of aromatic nitrogens is 2. The first-order valence-corrected chi connectivity index (χ1v) is 8.87. The summed E-state index contributed by atoms with van der Waals surface area (Å²) >= 11 is 12.2. The van der Waals surface area contributed by atoms with Crippen LogP contribution in [0.4, 0.5) is 5.69 Å². The average Bonchev–Trinajstić information content (AvgIpc) is 3.05. The van der Waals surface area contributed by atoms with Crippen molar-refractivity contribution in [3.05, 3.63) is 75.9 Å². The molecule has 0 aliphatic heterocycles. The molecule has 1 amide bonds. The predicted octanol–water partition coefficient (Wildman–Crippen LogP) is 5.76. The number of hydrogen-bond donors (Lipinski definition) is 1. The van der Waals surface area contributed by atoms with Gasteiger partial charge in [0.15, 0.2) is 0 Å². The number of nitrogens with zero attached hydrogens (tertiary/aromatic N) is 2. The first-order valence-electron chi connectivity index (χ1n) is 8.12. The molecule has 134 valence electrons. The molecule has 0 atom stereocenters. The Balaban J connectivity index is 1.83. The Kier molecular flexibility index (Phi) is 4.56. The summed E-state index contributed by atoms with van der Waals surface area (Å²) in [5.74, 6) is -0.352. The molecule has 0 radical (unpaired) electrons. The fourth-order valence-electron chi connectivity index (χ4n) is 2.81. The van der Waals surface area contributed by atoms with E-state index in [9.17, 15) is 4.79 Å². The Bertz CT molecular complexity index is 1160. The van der Waals surface area contributed by atoms with Crippen LogP contribution < -0.4 is 5.32 Å². The van der Waals surface area contributed by atoms with Crippen LogP contribution in [0.2, 0.25) is 10.0 Å². The summed E-state index contributed by atoms with van der Waals surface area (Å²) in [7, 11) is 0. The monoisotopic (exact) mass is 397 g/mol. The van der Waals surface area contributed by atoms with Gasteiger partial charge in [0.25, 0.3) is 11.6 Å². The largest absolute Gasteiger partial charge is 0.335 e. The van der Waals surface area contributed by atoms with Gasteiger partial charge in [-0.1, -0.05) is 58.7 Å². The standard InChI is InChI=1S/C20H13Cl2N3O2/c1-11-18-14(19(26)23-17-9-13(21)7-8-15(17)22)10-16(24-20(18)27-25-11)12-5-3-2-4-6-12/h2-10H,1H3,(H,23,26). The molecule has 0 bridgehead atoms. The van der Waals surface area contributed by atoms with E-state index in [0.29, 0.717) is 43.8 Å². The van der Waals surface area contributed by atoms with Crippen molar-refractivity contribution in [2.24, 2.45) is 0 Å². The van der Waals surface area contributed by atoms with Gasteiger partial charge in [-0.3, -0.25) is 4.79 Å². The smallest absolute Gasteiger partial charge is 0.259 e. The van der Waals surface area contributed by atoms with Crippen molar-refractivity contribution in [2.45, 2.75) is 6.92 Å². The number of anilines is 1. The zero-order valence-corrected chi connectivity index (χ0v) is 15.7. The second-order valence-corrected chi connectivity index (χ2v) is 6.79. The van der Waals surface area contributed by atoms with Gasteiger partial charge < -0.3 is 9.84 Å². The van der Waals surface area contributed by atoms with Crippen LogP contribution in [-0.4, -0.2) is 16.0 Å². The molecule has 4 rings (SSSR count). The molecule has 0 fully saturated rings. The zero-order valence-electron chi connectivity index (χ0n) is 14.2. The number of pyridine rings is 1. The number of aryl methyl sites for hydroxylation is 1. The van der Waals surface area contributed by atoms with Gasteiger partial charge in [0.1, 0.15) is 0 Å². The minimum atomic E-state index is -0.352. The molecule has 5 nitrogen and oxygen atoms in total. The Morgan fingerprint density at radius 1 is 1.07 bits per heavy atom. The van der Waals surface area contributed by atoms with Crippen molar-refractivity contribution in [3.63, 3.8) is 0 Å². The van der Waals surface area contributed by atoms with Crippen LogP contribution >= 0.6 is 23.2 Å². The predicted molar refractivity (Wildman–Crippen MR) is 106 cm³/mol. The maximum absolute atomic E-state index is 13.0. The van der Waals surface area contributed by atoms with Crippen LogP contribution in [0.25, 0.3) is 22.4 Å². The molecule has 27 heavy (non-hydrogen) atoms. The lowest BCUT2D eigenvalue weighted by atomic mass is 10.0. The Morgan fingerprint density at radius 3 is 2.63 bits per heavy atom. The number of halogens is 2. The summed E-state index contributed by atoms with van der Waals surface area (Å²) in [5.41, 5.74) is 3.18. The van der Waals surface area contributed by atoms with Crippen molar-refractivity contribution in [1.82, 2.24) is 10.1 Å². The van der Waals surface area contributed by atoms with Gasteiger partial charge >= 0.3 is 0 Å². The molecular weight excluding hydrogens is 385 g/mol. The lowest BCUT2D eigenvalue weighted by Gasteiger charge is -2.10. The van der Waals surface area contributed by atoms with E-state index in [1.54, 1.807) is 31.2 Å². The fourth-order valence-corrected chi connectivity index (χ4v) is 3.15. The summed E-state index contributed by atoms with van der Waals surface area (Å²) in [6.45, 7) is 1.76. The minimum Gasteiger partial charge on any atom is -0.335 e. The second-order valence-electron chi connectivity index (χ2n) is 5.95. The van der Waals surface area contributed by atoms with Gasteiger partial charge in [-0.2, -0.15) is 0 Å². The highest BCUT2D eigenvalue weighted by molar-refractivity contribution is 6.36. The fraction of sp³-hybridized carbons (Fsp3) is 0.0500. The maximum Gasteiger partial charge on any atom is 0.259 e. The lowest BCUT2D eigenvalue weighted by Crippen LogP contribution is -2.13. The lowest BCUT2D eigenvalue weighted by molar-refractivity contribution is 0.102. The van der Waals surface area contributed by atoms with Crippen LogP contribution in [0.1, 0.15) is 16.1 Å². The number of fused-ring (bicyclic) bond motifs is 1. The quantitative estimate of drug-likeness (QED) is 0.477. The van der Waals surface area contributed by atoms with Gasteiger partial charge in [0, 0.05) is 10.6 Å². The Labute approximate surface area is 164 Å². The van der Waals surface area contributed by atoms with Gasteiger partial charge in [0.2, 0.25) is 0 Å². The maximum atomic E-state index is 13.0. The van der Waals surface area contributed by atoms with Crippen LogP contribution in [0.15, 0.2) is 59.1 Å². The van der Waals surface area contributed by atoms with Crippen LogP contribution in [0.3, 0.4) is 0 Å². The van der Waals surface area contributed by atoms with Crippen molar-refractivity contribution in [1.29, 1.82) is 0 Å². The van der Waals surface area contributed by atoms with Crippen LogP contribution in [0.5, 0.6) is 0 Å². The number of carbonyl (C=O) groups is 1. The first-order chi connectivity index (χ1) is 13.0. The van der Waals surface area contributed by atoms with Gasteiger partial charge in [0.05, 0.1) is 33.0 Å². The Morgan fingerprint density at radius 2 is 1.85 bits per heavy atom. The number of nitrogens with one attached hydrogen (secondary N) is 1. The summed E-state index contributed by atoms with van der Waals surface area (Å²) in [5, 5.41) is 8.18. The van der Waals surface area contributed by atoms with E-state index in [1.165, 1.54) is 0 Å². The van der Waals surface area contributed by atoms with E-state index < -0.39 is 0 Å². The number of benzene rings is 2. The highest BCUT2D eigenvalue weighted by Crippen LogP contribution is 2.30. The number of rotatable bonds is 3. The zero-order chi connectivity index (χ0) is 19.0.